The Morgan fingerprint density at radius 1 is 1.22 bits per heavy atom. The third-order valence-electron chi connectivity index (χ3n) is 3.96. The van der Waals surface area contributed by atoms with Crippen LogP contribution in [0.5, 0.6) is 0 Å². The molecule has 10 heteroatoms. The smallest absolute Gasteiger partial charge is 0.323 e. The molecule has 0 fully saturated rings. The number of fused-ring (bicyclic) bond motifs is 1. The Labute approximate surface area is 149 Å². The van der Waals surface area contributed by atoms with Crippen LogP contribution in [0.1, 0.15) is 27.9 Å². The molecular formula is C17H12F5N3O2. The molecule has 0 atom stereocenters. The number of hydrogen-bond donors (Lipinski definition) is 2. The summed E-state index contributed by atoms with van der Waals surface area (Å²) in [5, 5.41) is 4.31. The largest absolute Gasteiger partial charge is 0.393 e. The molecule has 27 heavy (non-hydrogen) atoms. The molecule has 0 saturated heterocycles. The van der Waals surface area contributed by atoms with Crippen molar-refractivity contribution in [3.63, 3.8) is 0 Å². The molecule has 0 unspecified atom stereocenters. The van der Waals surface area contributed by atoms with Gasteiger partial charge in [0.05, 0.1) is 17.8 Å². The van der Waals surface area contributed by atoms with Gasteiger partial charge in [0, 0.05) is 24.4 Å². The minimum absolute atomic E-state index is 0.0611. The molecule has 0 saturated carbocycles. The number of anilines is 2. The molecule has 1 aromatic heterocycles. The number of benzene rings is 1. The molecular weight excluding hydrogens is 373 g/mol. The highest BCUT2D eigenvalue weighted by Crippen LogP contribution is 2.32. The second-order valence-electron chi connectivity index (χ2n) is 5.91. The van der Waals surface area contributed by atoms with Crippen molar-refractivity contribution in [2.75, 3.05) is 10.6 Å². The molecule has 2 amide bonds. The summed E-state index contributed by atoms with van der Waals surface area (Å²) in [6.45, 7) is 0. The van der Waals surface area contributed by atoms with Gasteiger partial charge in [-0.25, -0.2) is 8.78 Å². The van der Waals surface area contributed by atoms with Crippen molar-refractivity contribution in [3.8, 4) is 0 Å². The van der Waals surface area contributed by atoms with Gasteiger partial charge >= 0.3 is 6.18 Å². The summed E-state index contributed by atoms with van der Waals surface area (Å²) < 4.78 is 66.3. The number of amides is 2. The Hall–Kier alpha value is -3.04. The van der Waals surface area contributed by atoms with Crippen LogP contribution in [0.4, 0.5) is 33.3 Å². The molecule has 1 aromatic carbocycles. The zero-order chi connectivity index (χ0) is 19.8. The topological polar surface area (TPSA) is 71.1 Å². The maximum atomic E-state index is 14.2. The Morgan fingerprint density at radius 2 is 1.96 bits per heavy atom. The van der Waals surface area contributed by atoms with E-state index in [0.29, 0.717) is 0 Å². The maximum absolute atomic E-state index is 14.2. The molecule has 2 aromatic rings. The van der Waals surface area contributed by atoms with Crippen LogP contribution in [-0.2, 0) is 17.6 Å². The predicted molar refractivity (Wildman–Crippen MR) is 85.3 cm³/mol. The van der Waals surface area contributed by atoms with Crippen LogP contribution in [0, 0.1) is 11.6 Å². The van der Waals surface area contributed by atoms with Crippen molar-refractivity contribution >= 4 is 23.2 Å². The number of nitrogens with one attached hydrogen (secondary N) is 2. The number of carbonyl (C=O) groups is 2. The lowest BCUT2D eigenvalue weighted by Crippen LogP contribution is -2.23. The molecule has 0 radical (unpaired) electrons. The predicted octanol–water partition coefficient (Wildman–Crippen LogP) is 3.60. The third kappa shape index (κ3) is 4.04. The zero-order valence-electron chi connectivity index (χ0n) is 13.6. The molecule has 2 heterocycles. The first-order valence-corrected chi connectivity index (χ1v) is 7.77. The number of aromatic nitrogens is 1. The molecule has 0 bridgehead atoms. The van der Waals surface area contributed by atoms with E-state index in [4.69, 9.17) is 0 Å². The SMILES string of the molecule is O=C1CCc2cc(NC(=O)c3ccncc3CC(F)(F)F)c(F)c(F)c2N1. The monoisotopic (exact) mass is 385 g/mol. The average molecular weight is 385 g/mol. The highest BCUT2D eigenvalue weighted by Gasteiger charge is 2.30. The van der Waals surface area contributed by atoms with Gasteiger partial charge in [0.1, 0.15) is 0 Å². The normalized spacial score (nSPS) is 13.7. The van der Waals surface area contributed by atoms with Gasteiger partial charge in [0.25, 0.3) is 5.91 Å². The Bertz CT molecular complexity index is 928. The first-order chi connectivity index (χ1) is 12.7. The average Bonchev–Trinajstić information content (AvgIpc) is 2.59. The Kier molecular flexibility index (Phi) is 4.81. The van der Waals surface area contributed by atoms with E-state index in [-0.39, 0.29) is 29.7 Å². The van der Waals surface area contributed by atoms with E-state index in [0.717, 1.165) is 24.5 Å². The van der Waals surface area contributed by atoms with Crippen molar-refractivity contribution in [1.29, 1.82) is 0 Å². The van der Waals surface area contributed by atoms with Gasteiger partial charge in [-0.05, 0) is 29.7 Å². The van der Waals surface area contributed by atoms with E-state index >= 15 is 0 Å². The van der Waals surface area contributed by atoms with Gasteiger partial charge in [-0.15, -0.1) is 0 Å². The second-order valence-corrected chi connectivity index (χ2v) is 5.91. The standard InChI is InChI=1S/C17H12F5N3O2/c18-13-11(5-8-1-2-12(26)25-15(8)14(13)19)24-16(27)10-3-4-23-7-9(10)6-17(20,21)22/h3-5,7H,1-2,6H2,(H,24,27)(H,25,26). The molecule has 1 aliphatic rings. The number of rotatable bonds is 3. The maximum Gasteiger partial charge on any atom is 0.393 e. The van der Waals surface area contributed by atoms with Crippen molar-refractivity contribution < 1.29 is 31.5 Å². The van der Waals surface area contributed by atoms with Crippen LogP contribution < -0.4 is 10.6 Å². The minimum Gasteiger partial charge on any atom is -0.323 e. The number of pyridine rings is 1. The molecule has 3 rings (SSSR count). The number of hydrogen-bond acceptors (Lipinski definition) is 3. The number of nitrogens with zero attached hydrogens (tertiary/aromatic N) is 1. The fourth-order valence-corrected chi connectivity index (χ4v) is 2.75. The van der Waals surface area contributed by atoms with Crippen LogP contribution in [0.15, 0.2) is 24.5 Å². The van der Waals surface area contributed by atoms with Crippen molar-refractivity contribution in [3.05, 3.63) is 52.9 Å². The first kappa shape index (κ1) is 18.7. The molecule has 0 aliphatic carbocycles. The summed E-state index contributed by atoms with van der Waals surface area (Å²) in [7, 11) is 0. The van der Waals surface area contributed by atoms with Gasteiger partial charge in [-0.1, -0.05) is 0 Å². The van der Waals surface area contributed by atoms with Crippen molar-refractivity contribution in [1.82, 2.24) is 4.98 Å². The van der Waals surface area contributed by atoms with E-state index < -0.39 is 47.3 Å². The zero-order valence-corrected chi connectivity index (χ0v) is 13.6. The van der Waals surface area contributed by atoms with Gasteiger partial charge < -0.3 is 10.6 Å². The molecule has 142 valence electrons. The van der Waals surface area contributed by atoms with Gasteiger partial charge in [0.15, 0.2) is 11.6 Å². The lowest BCUT2D eigenvalue weighted by Gasteiger charge is -2.20. The van der Waals surface area contributed by atoms with E-state index in [2.05, 4.69) is 15.6 Å². The molecule has 5 nitrogen and oxygen atoms in total. The summed E-state index contributed by atoms with van der Waals surface area (Å²) in [4.78, 5) is 27.2. The van der Waals surface area contributed by atoms with Gasteiger partial charge in [-0.3, -0.25) is 14.6 Å². The Balaban J connectivity index is 1.92. The van der Waals surface area contributed by atoms with Crippen molar-refractivity contribution in [2.24, 2.45) is 0 Å². The number of alkyl halides is 3. The molecule has 1 aliphatic heterocycles. The lowest BCUT2D eigenvalue weighted by molar-refractivity contribution is -0.127. The molecule has 0 spiro atoms. The van der Waals surface area contributed by atoms with E-state index in [1.165, 1.54) is 0 Å². The fourth-order valence-electron chi connectivity index (χ4n) is 2.75. The third-order valence-corrected chi connectivity index (χ3v) is 3.96. The van der Waals surface area contributed by atoms with Crippen molar-refractivity contribution in [2.45, 2.75) is 25.4 Å². The summed E-state index contributed by atoms with van der Waals surface area (Å²) in [6.07, 6.45) is -3.76. The van der Waals surface area contributed by atoms with Crippen LogP contribution in [0.3, 0.4) is 0 Å². The highest BCUT2D eigenvalue weighted by molar-refractivity contribution is 6.05. The number of aryl methyl sites for hydroxylation is 1. The van der Waals surface area contributed by atoms with Crippen LogP contribution in [0.2, 0.25) is 0 Å². The summed E-state index contributed by atoms with van der Waals surface area (Å²) in [5.41, 5.74) is -1.30. The Morgan fingerprint density at radius 3 is 2.67 bits per heavy atom. The first-order valence-electron chi connectivity index (χ1n) is 7.77. The van der Waals surface area contributed by atoms with E-state index in [1.54, 1.807) is 0 Å². The second kappa shape index (κ2) is 6.93. The number of halogens is 5. The quantitative estimate of drug-likeness (QED) is 0.794. The minimum atomic E-state index is -4.57. The fraction of sp³-hybridized carbons (Fsp3) is 0.235. The van der Waals surface area contributed by atoms with Gasteiger partial charge in [-0.2, -0.15) is 13.2 Å². The highest BCUT2D eigenvalue weighted by atomic mass is 19.4. The van der Waals surface area contributed by atoms with Crippen LogP contribution >= 0.6 is 0 Å². The van der Waals surface area contributed by atoms with Crippen LogP contribution in [0.25, 0.3) is 0 Å². The van der Waals surface area contributed by atoms with Crippen LogP contribution in [-0.4, -0.2) is 23.0 Å². The lowest BCUT2D eigenvalue weighted by atomic mass is 10.0. The van der Waals surface area contributed by atoms with E-state index in [1.807, 2.05) is 0 Å². The summed E-state index contributed by atoms with van der Waals surface area (Å²) in [6, 6.07) is 2.21. The van der Waals surface area contributed by atoms with Gasteiger partial charge in [0.2, 0.25) is 5.91 Å². The summed E-state index contributed by atoms with van der Waals surface area (Å²) in [5.74, 6) is -4.27. The van der Waals surface area contributed by atoms with E-state index in [9.17, 15) is 31.5 Å². The summed E-state index contributed by atoms with van der Waals surface area (Å²) >= 11 is 0. The number of carbonyl (C=O) groups excluding carboxylic acids is 2. The molecule has 2 N–H and O–H groups in total.